The molecular weight excluding hydrogens is 403 g/mol. The fraction of sp³-hybridized carbons (Fsp3) is 0.565. The Labute approximate surface area is 182 Å². The van der Waals surface area contributed by atoms with Gasteiger partial charge < -0.3 is 4.74 Å². The van der Waals surface area contributed by atoms with Gasteiger partial charge in [-0.3, -0.25) is 19.6 Å². The maximum Gasteiger partial charge on any atom is 0.229 e. The summed E-state index contributed by atoms with van der Waals surface area (Å²) in [4.78, 5) is 22.9. The van der Waals surface area contributed by atoms with Crippen molar-refractivity contribution < 1.29 is 18.7 Å². The zero-order valence-corrected chi connectivity index (χ0v) is 18.3. The van der Waals surface area contributed by atoms with Crippen LogP contribution in [0.2, 0.25) is 0 Å². The molecule has 5 nitrogen and oxygen atoms in total. The van der Waals surface area contributed by atoms with Gasteiger partial charge >= 0.3 is 0 Å². The number of piperidine rings is 1. The molecule has 1 heterocycles. The van der Waals surface area contributed by atoms with Crippen LogP contribution in [0.3, 0.4) is 0 Å². The number of nitrogens with one attached hydrogen (secondary N) is 2. The highest BCUT2D eigenvalue weighted by Crippen LogP contribution is 2.31. The molecule has 2 aliphatic rings. The van der Waals surface area contributed by atoms with E-state index in [4.69, 9.17) is 4.74 Å². The lowest BCUT2D eigenvalue weighted by Crippen LogP contribution is -2.40. The molecule has 0 bridgehead atoms. The maximum atomic E-state index is 14.0. The van der Waals surface area contributed by atoms with E-state index in [-0.39, 0.29) is 29.6 Å². The lowest BCUT2D eigenvalue weighted by molar-refractivity contribution is -0.136. The molecule has 3 rings (SSSR count). The summed E-state index contributed by atoms with van der Waals surface area (Å²) in [6, 6.07) is 5.26. The Morgan fingerprint density at radius 3 is 2.87 bits per heavy atom. The number of allylic oxidation sites excluding steroid dienone is 2. The average molecular weight is 435 g/mol. The minimum Gasteiger partial charge on any atom is -0.490 e. The summed E-state index contributed by atoms with van der Waals surface area (Å²) in [5.41, 5.74) is 1.03. The predicted octanol–water partition coefficient (Wildman–Crippen LogP) is 4.69. The van der Waals surface area contributed by atoms with Crippen LogP contribution in [-0.4, -0.2) is 24.2 Å². The van der Waals surface area contributed by atoms with Gasteiger partial charge in [0.05, 0.1) is 6.61 Å². The zero-order chi connectivity index (χ0) is 21.3. The first-order valence-electron chi connectivity index (χ1n) is 10.8. The van der Waals surface area contributed by atoms with E-state index < -0.39 is 0 Å². The summed E-state index contributed by atoms with van der Waals surface area (Å²) < 4.78 is 23.1. The molecule has 1 aliphatic carbocycles. The summed E-state index contributed by atoms with van der Waals surface area (Å²) in [5, 5.41) is 2.39. The normalized spacial score (nSPS) is 20.4. The Kier molecular flexibility index (Phi) is 8.75. The Bertz CT molecular complexity index is 767. The Balaban J connectivity index is 1.37. The first-order valence-corrected chi connectivity index (χ1v) is 11.8. The molecule has 0 radical (unpaired) electrons. The van der Waals surface area contributed by atoms with Crippen molar-refractivity contribution in [2.24, 2.45) is 11.8 Å². The number of halogens is 1. The predicted molar refractivity (Wildman–Crippen MR) is 117 cm³/mol. The van der Waals surface area contributed by atoms with Crippen molar-refractivity contribution in [3.63, 3.8) is 0 Å². The van der Waals surface area contributed by atoms with E-state index in [1.807, 2.05) is 18.2 Å². The number of rotatable bonds is 12. The molecule has 7 heteroatoms. The van der Waals surface area contributed by atoms with Gasteiger partial charge in [-0.05, 0) is 62.1 Å². The van der Waals surface area contributed by atoms with E-state index in [0.29, 0.717) is 37.5 Å². The quantitative estimate of drug-likeness (QED) is 0.216. The SMILES string of the molecule is CCC(NSCC/C=C/CC1CCC(=O)NC1=O)c1ccc(F)c(OCC2CC2)c1. The summed E-state index contributed by atoms with van der Waals surface area (Å²) >= 11 is 1.65. The van der Waals surface area contributed by atoms with Gasteiger partial charge in [0, 0.05) is 24.1 Å². The molecular formula is C23H31FN2O3S. The molecule has 1 aliphatic heterocycles. The van der Waals surface area contributed by atoms with Crippen LogP contribution in [0.15, 0.2) is 30.4 Å². The van der Waals surface area contributed by atoms with E-state index >= 15 is 0 Å². The highest BCUT2D eigenvalue weighted by atomic mass is 32.2. The third kappa shape index (κ3) is 7.13. The molecule has 164 valence electrons. The Morgan fingerprint density at radius 2 is 2.13 bits per heavy atom. The van der Waals surface area contributed by atoms with Gasteiger partial charge in [-0.15, -0.1) is 0 Å². The van der Waals surface area contributed by atoms with Gasteiger partial charge in [-0.1, -0.05) is 37.1 Å². The minimum atomic E-state index is -0.303. The first kappa shape index (κ1) is 22.8. The molecule has 2 amide bonds. The van der Waals surface area contributed by atoms with Crippen LogP contribution in [0, 0.1) is 17.7 Å². The molecule has 2 N–H and O–H groups in total. The molecule has 1 saturated heterocycles. The van der Waals surface area contributed by atoms with Crippen LogP contribution in [0.5, 0.6) is 5.75 Å². The van der Waals surface area contributed by atoms with E-state index in [0.717, 1.165) is 24.2 Å². The Hall–Kier alpha value is -1.86. The molecule has 0 aromatic heterocycles. The maximum absolute atomic E-state index is 14.0. The number of benzene rings is 1. The average Bonchev–Trinajstić information content (AvgIpc) is 3.56. The highest BCUT2D eigenvalue weighted by Gasteiger charge is 2.25. The van der Waals surface area contributed by atoms with E-state index in [2.05, 4.69) is 23.0 Å². The second-order valence-electron chi connectivity index (χ2n) is 8.02. The fourth-order valence-electron chi connectivity index (χ4n) is 3.35. The zero-order valence-electron chi connectivity index (χ0n) is 17.5. The van der Waals surface area contributed by atoms with E-state index in [9.17, 15) is 14.0 Å². The van der Waals surface area contributed by atoms with Gasteiger partial charge in [-0.25, -0.2) is 4.39 Å². The largest absolute Gasteiger partial charge is 0.490 e. The number of imide groups is 1. The van der Waals surface area contributed by atoms with Crippen molar-refractivity contribution in [1.29, 1.82) is 0 Å². The number of amides is 2. The standard InChI is InChI=1S/C23H31FN2O3S/c1-2-20(18-9-11-19(24)21(14-18)29-15-16-7-8-16)26-30-13-5-3-4-6-17-10-12-22(27)25-23(17)28/h3-4,9,11,14,16-17,20,26H,2,5-8,10,12-13,15H2,1H3,(H,25,27,28)/b4-3+. The van der Waals surface area contributed by atoms with Crippen molar-refractivity contribution in [2.75, 3.05) is 12.4 Å². The van der Waals surface area contributed by atoms with Gasteiger partial charge in [0.15, 0.2) is 11.6 Å². The topological polar surface area (TPSA) is 67.4 Å². The second-order valence-corrected chi connectivity index (χ2v) is 8.95. The summed E-state index contributed by atoms with van der Waals surface area (Å²) in [6.07, 6.45) is 9.99. The lowest BCUT2D eigenvalue weighted by Gasteiger charge is -2.19. The molecule has 1 aromatic rings. The molecule has 2 unspecified atom stereocenters. The number of carbonyl (C=O) groups excluding carboxylic acids is 2. The van der Waals surface area contributed by atoms with Gasteiger partial charge in [0.2, 0.25) is 11.8 Å². The lowest BCUT2D eigenvalue weighted by atomic mass is 9.95. The van der Waals surface area contributed by atoms with Crippen molar-refractivity contribution in [3.05, 3.63) is 41.7 Å². The summed E-state index contributed by atoms with van der Waals surface area (Å²) in [6.45, 7) is 2.71. The first-order chi connectivity index (χ1) is 14.6. The van der Waals surface area contributed by atoms with Crippen LogP contribution < -0.4 is 14.8 Å². The van der Waals surface area contributed by atoms with Gasteiger partial charge in [-0.2, -0.15) is 0 Å². The number of carbonyl (C=O) groups is 2. The number of ether oxygens (including phenoxy) is 1. The van der Waals surface area contributed by atoms with Crippen LogP contribution in [0.4, 0.5) is 4.39 Å². The number of hydrogen-bond donors (Lipinski definition) is 2. The number of hydrogen-bond acceptors (Lipinski definition) is 5. The van der Waals surface area contributed by atoms with Gasteiger partial charge in [0.25, 0.3) is 0 Å². The second kappa shape index (κ2) is 11.5. The van der Waals surface area contributed by atoms with Crippen LogP contribution in [0.25, 0.3) is 0 Å². The van der Waals surface area contributed by atoms with Crippen molar-refractivity contribution >= 4 is 23.8 Å². The van der Waals surface area contributed by atoms with Gasteiger partial charge in [0.1, 0.15) is 0 Å². The minimum absolute atomic E-state index is 0.0935. The summed E-state index contributed by atoms with van der Waals surface area (Å²) in [5.74, 6) is 1.11. The smallest absolute Gasteiger partial charge is 0.229 e. The molecule has 1 aromatic carbocycles. The monoisotopic (exact) mass is 434 g/mol. The summed E-state index contributed by atoms with van der Waals surface area (Å²) in [7, 11) is 0. The highest BCUT2D eigenvalue weighted by molar-refractivity contribution is 7.97. The van der Waals surface area contributed by atoms with Crippen LogP contribution >= 0.6 is 11.9 Å². The van der Waals surface area contributed by atoms with Crippen molar-refractivity contribution in [1.82, 2.24) is 10.0 Å². The molecule has 30 heavy (non-hydrogen) atoms. The third-order valence-electron chi connectivity index (χ3n) is 5.49. The van der Waals surface area contributed by atoms with Crippen molar-refractivity contribution in [2.45, 2.75) is 57.9 Å². The molecule has 0 spiro atoms. The van der Waals surface area contributed by atoms with Crippen molar-refractivity contribution in [3.8, 4) is 5.75 Å². The molecule has 2 atom stereocenters. The van der Waals surface area contributed by atoms with Crippen LogP contribution in [-0.2, 0) is 9.59 Å². The van der Waals surface area contributed by atoms with Crippen LogP contribution in [0.1, 0.15) is 63.5 Å². The Morgan fingerprint density at radius 1 is 1.30 bits per heavy atom. The third-order valence-corrected chi connectivity index (χ3v) is 6.38. The molecule has 1 saturated carbocycles. The fourth-order valence-corrected chi connectivity index (χ4v) is 4.23. The van der Waals surface area contributed by atoms with E-state index in [1.165, 1.54) is 18.9 Å². The van der Waals surface area contributed by atoms with E-state index in [1.54, 1.807) is 11.9 Å². The molecule has 2 fully saturated rings.